The van der Waals surface area contributed by atoms with Crippen molar-refractivity contribution in [2.45, 2.75) is 0 Å². The maximum Gasteiger partial charge on any atom is 0.363 e. The van der Waals surface area contributed by atoms with Crippen LogP contribution in [0.3, 0.4) is 0 Å². The number of aliphatic imine (C=N–C) groups is 1. The molecule has 0 bridgehead atoms. The third-order valence-corrected chi connectivity index (χ3v) is 3.96. The molecule has 0 unspecified atom stereocenters. The van der Waals surface area contributed by atoms with E-state index in [0.29, 0.717) is 11.3 Å². The van der Waals surface area contributed by atoms with Crippen LogP contribution in [0, 0.1) is 10.1 Å². The Balaban J connectivity index is 2.06. The fourth-order valence-electron chi connectivity index (χ4n) is 2.59. The Labute approximate surface area is 160 Å². The first-order valence-corrected chi connectivity index (χ1v) is 8.04. The summed E-state index contributed by atoms with van der Waals surface area (Å²) in [7, 11) is 4.30. The highest BCUT2D eigenvalue weighted by molar-refractivity contribution is 6.13. The Morgan fingerprint density at radius 2 is 1.79 bits per heavy atom. The molecule has 0 saturated carbocycles. The Kier molecular flexibility index (Phi) is 5.25. The van der Waals surface area contributed by atoms with Gasteiger partial charge in [-0.05, 0) is 30.3 Å². The van der Waals surface area contributed by atoms with E-state index in [1.165, 1.54) is 39.5 Å². The molecule has 1 aliphatic rings. The normalized spacial score (nSPS) is 14.5. The fourth-order valence-corrected chi connectivity index (χ4v) is 2.59. The number of benzene rings is 2. The number of rotatable bonds is 6. The highest BCUT2D eigenvalue weighted by atomic mass is 16.6. The van der Waals surface area contributed by atoms with Gasteiger partial charge in [0.2, 0.25) is 5.90 Å². The molecule has 9 heteroatoms. The van der Waals surface area contributed by atoms with Crippen LogP contribution < -0.4 is 14.2 Å². The Bertz CT molecular complexity index is 1010. The lowest BCUT2D eigenvalue weighted by molar-refractivity contribution is -0.385. The van der Waals surface area contributed by atoms with E-state index < -0.39 is 10.9 Å². The number of ether oxygens (including phenoxy) is 4. The summed E-state index contributed by atoms with van der Waals surface area (Å²) in [5, 5.41) is 11.4. The molecular formula is C19H16N2O7. The molecule has 0 fully saturated rings. The molecule has 0 aromatic heterocycles. The summed E-state index contributed by atoms with van der Waals surface area (Å²) < 4.78 is 20.6. The molecule has 0 amide bonds. The van der Waals surface area contributed by atoms with Crippen LogP contribution in [0.4, 0.5) is 5.69 Å². The summed E-state index contributed by atoms with van der Waals surface area (Å²) >= 11 is 0. The van der Waals surface area contributed by atoms with Crippen LogP contribution >= 0.6 is 0 Å². The number of nitrogens with zero attached hydrogens (tertiary/aromatic N) is 2. The van der Waals surface area contributed by atoms with Gasteiger partial charge >= 0.3 is 5.97 Å². The molecule has 0 aliphatic carbocycles. The number of hydrogen-bond donors (Lipinski definition) is 0. The van der Waals surface area contributed by atoms with E-state index in [1.54, 1.807) is 24.3 Å². The quantitative estimate of drug-likeness (QED) is 0.326. The van der Waals surface area contributed by atoms with Crippen LogP contribution in [0.1, 0.15) is 11.1 Å². The molecule has 144 valence electrons. The van der Waals surface area contributed by atoms with Gasteiger partial charge in [0.25, 0.3) is 5.69 Å². The lowest BCUT2D eigenvalue weighted by Crippen LogP contribution is -2.05. The lowest BCUT2D eigenvalue weighted by Gasteiger charge is -2.08. The molecule has 1 heterocycles. The van der Waals surface area contributed by atoms with E-state index in [2.05, 4.69) is 4.99 Å². The SMILES string of the molecule is COc1cccc(C2=N/C(=C\c3cc(OC)c(OC)cc3[N+](=O)[O-])C(=O)O2)c1. The standard InChI is InChI=1S/C19H16N2O7/c1-25-13-6-4-5-11(7-13)18-20-14(19(22)28-18)8-12-9-16(26-2)17(27-3)10-15(12)21(23)24/h4-10H,1-3H3/b14-8-. The maximum atomic E-state index is 12.2. The van der Waals surface area contributed by atoms with Crippen LogP contribution in [0.15, 0.2) is 47.1 Å². The summed E-state index contributed by atoms with van der Waals surface area (Å²) in [6.45, 7) is 0. The fraction of sp³-hybridized carbons (Fsp3) is 0.158. The molecular weight excluding hydrogens is 368 g/mol. The topological polar surface area (TPSA) is 109 Å². The molecule has 0 spiro atoms. The van der Waals surface area contributed by atoms with Gasteiger partial charge < -0.3 is 18.9 Å². The van der Waals surface area contributed by atoms with Crippen molar-refractivity contribution in [2.24, 2.45) is 4.99 Å². The third kappa shape index (κ3) is 3.63. The van der Waals surface area contributed by atoms with Crippen LogP contribution in [-0.2, 0) is 9.53 Å². The van der Waals surface area contributed by atoms with Crippen LogP contribution in [0.2, 0.25) is 0 Å². The smallest absolute Gasteiger partial charge is 0.363 e. The molecule has 0 radical (unpaired) electrons. The van der Waals surface area contributed by atoms with Gasteiger partial charge in [-0.1, -0.05) is 6.07 Å². The van der Waals surface area contributed by atoms with E-state index in [-0.39, 0.29) is 34.3 Å². The van der Waals surface area contributed by atoms with Gasteiger partial charge in [-0.25, -0.2) is 9.79 Å². The predicted molar refractivity (Wildman–Crippen MR) is 99.8 cm³/mol. The number of carbonyl (C=O) groups is 1. The zero-order valence-corrected chi connectivity index (χ0v) is 15.3. The van der Waals surface area contributed by atoms with Gasteiger partial charge in [0, 0.05) is 5.56 Å². The molecule has 2 aromatic carbocycles. The molecule has 9 nitrogen and oxygen atoms in total. The van der Waals surface area contributed by atoms with Gasteiger partial charge in [0.1, 0.15) is 5.75 Å². The van der Waals surface area contributed by atoms with Crippen molar-refractivity contribution in [1.29, 1.82) is 0 Å². The largest absolute Gasteiger partial charge is 0.497 e. The van der Waals surface area contributed by atoms with Crippen molar-refractivity contribution < 1.29 is 28.7 Å². The Morgan fingerprint density at radius 1 is 1.07 bits per heavy atom. The summed E-state index contributed by atoms with van der Waals surface area (Å²) in [5.74, 6) is 0.415. The van der Waals surface area contributed by atoms with Gasteiger partial charge in [-0.3, -0.25) is 10.1 Å². The highest BCUT2D eigenvalue weighted by Gasteiger charge is 2.26. The molecule has 2 aromatic rings. The second-order valence-electron chi connectivity index (χ2n) is 5.59. The summed E-state index contributed by atoms with van der Waals surface area (Å²) in [6.07, 6.45) is 1.27. The number of carbonyl (C=O) groups excluding carboxylic acids is 1. The first-order chi connectivity index (χ1) is 13.5. The number of hydrogen-bond acceptors (Lipinski definition) is 8. The van der Waals surface area contributed by atoms with E-state index in [0.717, 1.165) is 0 Å². The van der Waals surface area contributed by atoms with Crippen LogP contribution in [0.25, 0.3) is 6.08 Å². The number of esters is 1. The second-order valence-corrected chi connectivity index (χ2v) is 5.59. The number of nitro benzene ring substituents is 1. The maximum absolute atomic E-state index is 12.2. The first kappa shape index (κ1) is 18.9. The first-order valence-electron chi connectivity index (χ1n) is 8.04. The average molecular weight is 384 g/mol. The summed E-state index contributed by atoms with van der Waals surface area (Å²) in [6, 6.07) is 9.45. The van der Waals surface area contributed by atoms with E-state index >= 15 is 0 Å². The van der Waals surface area contributed by atoms with Crippen LogP contribution in [-0.4, -0.2) is 38.1 Å². The minimum Gasteiger partial charge on any atom is -0.497 e. The third-order valence-electron chi connectivity index (χ3n) is 3.96. The Morgan fingerprint density at radius 3 is 2.43 bits per heavy atom. The molecule has 0 atom stereocenters. The molecule has 3 rings (SSSR count). The Hall–Kier alpha value is -3.88. The van der Waals surface area contributed by atoms with Crippen molar-refractivity contribution in [3.63, 3.8) is 0 Å². The minimum atomic E-state index is -0.720. The molecule has 28 heavy (non-hydrogen) atoms. The van der Waals surface area contributed by atoms with E-state index in [4.69, 9.17) is 18.9 Å². The van der Waals surface area contributed by atoms with E-state index in [1.807, 2.05) is 0 Å². The van der Waals surface area contributed by atoms with Gasteiger partial charge in [0.15, 0.2) is 17.2 Å². The number of nitro groups is 1. The van der Waals surface area contributed by atoms with E-state index in [9.17, 15) is 14.9 Å². The highest BCUT2D eigenvalue weighted by Crippen LogP contribution is 2.36. The van der Waals surface area contributed by atoms with Crippen molar-refractivity contribution >= 4 is 23.6 Å². The van der Waals surface area contributed by atoms with Crippen molar-refractivity contribution in [3.05, 3.63) is 63.3 Å². The molecule has 1 aliphatic heterocycles. The number of cyclic esters (lactones) is 1. The minimum absolute atomic E-state index is 0.0758. The van der Waals surface area contributed by atoms with Gasteiger partial charge in [0.05, 0.1) is 37.9 Å². The van der Waals surface area contributed by atoms with Crippen molar-refractivity contribution in [2.75, 3.05) is 21.3 Å². The van der Waals surface area contributed by atoms with Crippen molar-refractivity contribution in [3.8, 4) is 17.2 Å². The monoisotopic (exact) mass is 384 g/mol. The lowest BCUT2D eigenvalue weighted by atomic mass is 10.1. The van der Waals surface area contributed by atoms with Gasteiger partial charge in [-0.2, -0.15) is 0 Å². The van der Waals surface area contributed by atoms with Crippen molar-refractivity contribution in [1.82, 2.24) is 0 Å². The zero-order chi connectivity index (χ0) is 20.3. The van der Waals surface area contributed by atoms with Crippen LogP contribution in [0.5, 0.6) is 17.2 Å². The summed E-state index contributed by atoms with van der Waals surface area (Å²) in [4.78, 5) is 27.2. The molecule has 0 saturated heterocycles. The number of methoxy groups -OCH3 is 3. The average Bonchev–Trinajstić information content (AvgIpc) is 3.07. The zero-order valence-electron chi connectivity index (χ0n) is 15.3. The predicted octanol–water partition coefficient (Wildman–Crippen LogP) is 2.97. The summed E-state index contributed by atoms with van der Waals surface area (Å²) in [5.41, 5.74) is 0.333. The second kappa shape index (κ2) is 7.78. The van der Waals surface area contributed by atoms with Gasteiger partial charge in [-0.15, -0.1) is 0 Å². The molecule has 0 N–H and O–H groups in total.